The average Bonchev–Trinajstić information content (AvgIpc) is 3.23. The number of hydrogen-bond donors (Lipinski definition) is 2. The third-order valence-corrected chi connectivity index (χ3v) is 4.03. The summed E-state index contributed by atoms with van der Waals surface area (Å²) in [5.41, 5.74) is 1.45. The minimum Gasteiger partial charge on any atom is -0.366 e. The molecule has 1 atom stereocenters. The topological polar surface area (TPSA) is 67.1 Å². The van der Waals surface area contributed by atoms with Crippen LogP contribution in [0.5, 0.6) is 0 Å². The van der Waals surface area contributed by atoms with Gasteiger partial charge < -0.3 is 10.6 Å². The fraction of sp³-hybridized carbons (Fsp3) is 0.312. The first kappa shape index (κ1) is 14.9. The Bertz CT molecular complexity index is 857. The average molecular weight is 330 g/mol. The third kappa shape index (κ3) is 2.80. The fourth-order valence-electron chi connectivity index (χ4n) is 2.82. The molecular weight excluding hydrogens is 314 g/mol. The Morgan fingerprint density at radius 1 is 1.25 bits per heavy atom. The highest BCUT2D eigenvalue weighted by atomic mass is 19.3. The molecule has 0 radical (unpaired) electrons. The van der Waals surface area contributed by atoms with E-state index in [2.05, 4.69) is 25.7 Å². The highest BCUT2D eigenvalue weighted by Gasteiger charge is 2.16. The van der Waals surface area contributed by atoms with Gasteiger partial charge >= 0.3 is 0 Å². The largest absolute Gasteiger partial charge is 0.366 e. The summed E-state index contributed by atoms with van der Waals surface area (Å²) < 4.78 is 27.2. The molecule has 8 heteroatoms. The highest BCUT2D eigenvalue weighted by Crippen LogP contribution is 2.22. The van der Waals surface area contributed by atoms with Gasteiger partial charge in [-0.2, -0.15) is 5.10 Å². The minimum atomic E-state index is -2.62. The van der Waals surface area contributed by atoms with Crippen LogP contribution in [0, 0.1) is 0 Å². The number of anilines is 1. The Morgan fingerprint density at radius 3 is 2.96 bits per heavy atom. The van der Waals surface area contributed by atoms with Crippen molar-refractivity contribution in [2.45, 2.75) is 18.9 Å². The molecule has 24 heavy (non-hydrogen) atoms. The lowest BCUT2D eigenvalue weighted by atomic mass is 10.2. The normalized spacial score (nSPS) is 17.7. The van der Waals surface area contributed by atoms with Crippen molar-refractivity contribution in [2.24, 2.45) is 0 Å². The Morgan fingerprint density at radius 2 is 2.17 bits per heavy atom. The molecule has 0 aromatic carbocycles. The molecule has 1 saturated heterocycles. The van der Waals surface area contributed by atoms with Crippen molar-refractivity contribution in [3.63, 3.8) is 0 Å². The number of nitrogens with zero attached hydrogens (tertiary/aromatic N) is 4. The maximum Gasteiger partial charge on any atom is 0.282 e. The molecule has 4 heterocycles. The predicted molar refractivity (Wildman–Crippen MR) is 86.1 cm³/mol. The van der Waals surface area contributed by atoms with Gasteiger partial charge in [0.05, 0.1) is 11.9 Å². The molecule has 0 bridgehead atoms. The Hall–Kier alpha value is -2.61. The molecule has 3 aromatic rings. The van der Waals surface area contributed by atoms with Gasteiger partial charge in [-0.25, -0.2) is 23.3 Å². The van der Waals surface area contributed by atoms with Gasteiger partial charge in [0.15, 0.2) is 5.65 Å². The molecule has 3 aromatic heterocycles. The van der Waals surface area contributed by atoms with E-state index in [0.717, 1.165) is 25.3 Å². The van der Waals surface area contributed by atoms with Crippen LogP contribution >= 0.6 is 0 Å². The van der Waals surface area contributed by atoms with Crippen molar-refractivity contribution in [2.75, 3.05) is 18.4 Å². The predicted octanol–water partition coefficient (Wildman–Crippen LogP) is 2.50. The first-order valence-electron chi connectivity index (χ1n) is 7.78. The van der Waals surface area contributed by atoms with Gasteiger partial charge in [-0.05, 0) is 37.2 Å². The summed E-state index contributed by atoms with van der Waals surface area (Å²) in [5, 5.41) is 10.6. The summed E-state index contributed by atoms with van der Waals surface area (Å²) in [6.45, 7) is 1.89. The van der Waals surface area contributed by atoms with E-state index >= 15 is 0 Å². The van der Waals surface area contributed by atoms with Crippen LogP contribution in [0.1, 0.15) is 18.5 Å². The highest BCUT2D eigenvalue weighted by molar-refractivity contribution is 5.61. The maximum atomic E-state index is 12.9. The first-order valence-corrected chi connectivity index (χ1v) is 7.78. The van der Waals surface area contributed by atoms with Crippen LogP contribution < -0.4 is 10.6 Å². The number of alkyl halides is 2. The minimum absolute atomic E-state index is 0.284. The number of aromatic nitrogens is 4. The molecule has 1 fully saturated rings. The number of imidazole rings is 1. The van der Waals surface area contributed by atoms with Gasteiger partial charge in [0.2, 0.25) is 0 Å². The van der Waals surface area contributed by atoms with Crippen LogP contribution in [0.3, 0.4) is 0 Å². The van der Waals surface area contributed by atoms with Crippen molar-refractivity contribution in [3.05, 3.63) is 42.2 Å². The number of nitrogens with one attached hydrogen (secondary N) is 2. The lowest BCUT2D eigenvalue weighted by Gasteiger charge is -2.12. The summed E-state index contributed by atoms with van der Waals surface area (Å²) in [5.74, 6) is 0.751. The molecule has 0 spiro atoms. The molecule has 0 unspecified atom stereocenters. The zero-order chi connectivity index (χ0) is 16.5. The van der Waals surface area contributed by atoms with Crippen molar-refractivity contribution >= 4 is 11.5 Å². The van der Waals surface area contributed by atoms with Gasteiger partial charge in [-0.1, -0.05) is 6.07 Å². The Balaban J connectivity index is 1.70. The van der Waals surface area contributed by atoms with Gasteiger partial charge in [0, 0.05) is 12.6 Å². The molecule has 124 valence electrons. The van der Waals surface area contributed by atoms with E-state index in [1.807, 2.05) is 18.2 Å². The van der Waals surface area contributed by atoms with Crippen LogP contribution in [0.15, 0.2) is 36.5 Å². The van der Waals surface area contributed by atoms with Gasteiger partial charge in [0.25, 0.3) is 6.43 Å². The van der Waals surface area contributed by atoms with Gasteiger partial charge in [-0.3, -0.25) is 0 Å². The van der Waals surface area contributed by atoms with Crippen LogP contribution in [0.25, 0.3) is 17.0 Å². The van der Waals surface area contributed by atoms with Crippen LogP contribution in [0.2, 0.25) is 0 Å². The van der Waals surface area contributed by atoms with E-state index in [4.69, 9.17) is 0 Å². The smallest absolute Gasteiger partial charge is 0.282 e. The Kier molecular flexibility index (Phi) is 3.81. The van der Waals surface area contributed by atoms with Crippen LogP contribution in [-0.2, 0) is 0 Å². The van der Waals surface area contributed by atoms with Crippen molar-refractivity contribution in [1.29, 1.82) is 0 Å². The monoisotopic (exact) mass is 330 g/mol. The number of halogens is 2. The lowest BCUT2D eigenvalue weighted by Crippen LogP contribution is -2.22. The molecule has 0 saturated carbocycles. The zero-order valence-corrected chi connectivity index (χ0v) is 12.8. The second-order valence-corrected chi connectivity index (χ2v) is 5.71. The molecule has 4 rings (SSSR count). The van der Waals surface area contributed by atoms with E-state index in [1.165, 1.54) is 16.6 Å². The molecule has 0 aliphatic carbocycles. The quantitative estimate of drug-likeness (QED) is 0.769. The van der Waals surface area contributed by atoms with Crippen molar-refractivity contribution < 1.29 is 8.78 Å². The SMILES string of the molecule is FC(F)c1ccc2ncc(-c3cccc(N[C@@H]4CCNC4)n3)n2n1. The van der Waals surface area contributed by atoms with Gasteiger partial charge in [0.1, 0.15) is 17.2 Å². The van der Waals surface area contributed by atoms with Crippen molar-refractivity contribution in [3.8, 4) is 11.4 Å². The molecule has 2 N–H and O–H groups in total. The van der Waals surface area contributed by atoms with Crippen molar-refractivity contribution in [1.82, 2.24) is 24.9 Å². The second-order valence-electron chi connectivity index (χ2n) is 5.71. The number of pyridine rings is 1. The van der Waals surface area contributed by atoms with E-state index < -0.39 is 6.43 Å². The van der Waals surface area contributed by atoms with E-state index in [0.29, 0.717) is 23.1 Å². The second kappa shape index (κ2) is 6.12. The summed E-state index contributed by atoms with van der Waals surface area (Å²) in [6.07, 6.45) is 0.0160. The maximum absolute atomic E-state index is 12.9. The molecule has 1 aliphatic heterocycles. The van der Waals surface area contributed by atoms with E-state index in [-0.39, 0.29) is 5.69 Å². The van der Waals surface area contributed by atoms with Crippen LogP contribution in [0.4, 0.5) is 14.6 Å². The molecule has 6 nitrogen and oxygen atoms in total. The number of hydrogen-bond acceptors (Lipinski definition) is 5. The van der Waals surface area contributed by atoms with Crippen LogP contribution in [-0.4, -0.2) is 38.7 Å². The van der Waals surface area contributed by atoms with E-state index in [1.54, 1.807) is 6.20 Å². The molecule has 0 amide bonds. The fourth-order valence-corrected chi connectivity index (χ4v) is 2.82. The number of rotatable bonds is 4. The summed E-state index contributed by atoms with van der Waals surface area (Å²) in [6, 6.07) is 8.75. The third-order valence-electron chi connectivity index (χ3n) is 4.03. The van der Waals surface area contributed by atoms with Gasteiger partial charge in [-0.15, -0.1) is 0 Å². The molecule has 1 aliphatic rings. The Labute approximate surface area is 136 Å². The summed E-state index contributed by atoms with van der Waals surface area (Å²) >= 11 is 0. The van der Waals surface area contributed by atoms with E-state index in [9.17, 15) is 8.78 Å². The number of fused-ring (bicyclic) bond motifs is 1. The first-order chi connectivity index (χ1) is 11.7. The summed E-state index contributed by atoms with van der Waals surface area (Å²) in [7, 11) is 0. The zero-order valence-electron chi connectivity index (χ0n) is 12.8. The lowest BCUT2D eigenvalue weighted by molar-refractivity contribution is 0.144. The standard InChI is InChI=1S/C16H16F2N6/c17-16(18)12-4-5-15-20-9-13(24(15)23-12)11-2-1-3-14(22-11)21-10-6-7-19-8-10/h1-5,9-10,16,19H,6-8H2,(H,21,22)/t10-/m1/s1. The molecular formula is C16H16F2N6. The summed E-state index contributed by atoms with van der Waals surface area (Å²) in [4.78, 5) is 8.79.